The Labute approximate surface area is 79.9 Å². The molecular weight excluding hydrogens is 162 g/mol. The molecule has 1 atom stereocenters. The molecule has 1 aromatic rings. The van der Waals surface area contributed by atoms with Crippen LogP contribution in [0.25, 0.3) is 0 Å². The molecular formula is C10H19N3. The van der Waals surface area contributed by atoms with Crippen molar-refractivity contribution in [2.75, 3.05) is 0 Å². The van der Waals surface area contributed by atoms with E-state index >= 15 is 0 Å². The van der Waals surface area contributed by atoms with E-state index in [2.05, 4.69) is 25.9 Å². The van der Waals surface area contributed by atoms with Crippen LogP contribution < -0.4 is 5.73 Å². The summed E-state index contributed by atoms with van der Waals surface area (Å²) in [6, 6.07) is 0.485. The predicted octanol–water partition coefficient (Wildman–Crippen LogP) is 2.10. The first-order valence-corrected chi connectivity index (χ1v) is 4.76. The highest BCUT2D eigenvalue weighted by molar-refractivity contribution is 5.27. The Hall–Kier alpha value is -0.830. The molecule has 0 bridgehead atoms. The number of rotatable bonds is 2. The Kier molecular flexibility index (Phi) is 2.76. The smallest absolute Gasteiger partial charge is 0.0644 e. The Bertz CT molecular complexity index is 297. The average molecular weight is 181 g/mol. The lowest BCUT2D eigenvalue weighted by atomic mass is 10.1. The van der Waals surface area contributed by atoms with Crippen LogP contribution in [0.5, 0.6) is 0 Å². The molecule has 3 nitrogen and oxygen atoms in total. The molecule has 0 radical (unpaired) electrons. The Morgan fingerprint density at radius 2 is 1.77 bits per heavy atom. The lowest BCUT2D eigenvalue weighted by molar-refractivity contribution is 0.515. The van der Waals surface area contributed by atoms with Crippen LogP contribution in [0.4, 0.5) is 0 Å². The summed E-state index contributed by atoms with van der Waals surface area (Å²) in [6.45, 7) is 10.4. The van der Waals surface area contributed by atoms with Gasteiger partial charge in [-0.2, -0.15) is 5.10 Å². The van der Waals surface area contributed by atoms with E-state index in [1.54, 1.807) is 0 Å². The van der Waals surface area contributed by atoms with Gasteiger partial charge in [0.2, 0.25) is 0 Å². The van der Waals surface area contributed by atoms with Gasteiger partial charge in [-0.1, -0.05) is 0 Å². The maximum atomic E-state index is 5.88. The molecule has 0 aliphatic heterocycles. The summed E-state index contributed by atoms with van der Waals surface area (Å²) in [5.41, 5.74) is 9.32. The minimum absolute atomic E-state index is 0.0764. The first-order valence-electron chi connectivity index (χ1n) is 4.76. The maximum absolute atomic E-state index is 5.88. The summed E-state index contributed by atoms with van der Waals surface area (Å²) in [7, 11) is 0. The van der Waals surface area contributed by atoms with Crippen molar-refractivity contribution in [3.05, 3.63) is 17.0 Å². The van der Waals surface area contributed by atoms with Crippen LogP contribution in [0.3, 0.4) is 0 Å². The minimum Gasteiger partial charge on any atom is -0.324 e. The summed E-state index contributed by atoms with van der Waals surface area (Å²) in [5.74, 6) is 0. The zero-order valence-electron chi connectivity index (χ0n) is 9.13. The van der Waals surface area contributed by atoms with Gasteiger partial charge in [-0.05, 0) is 34.6 Å². The third-order valence-electron chi connectivity index (χ3n) is 2.33. The second-order valence-electron chi connectivity index (χ2n) is 3.91. The maximum Gasteiger partial charge on any atom is 0.0644 e. The Morgan fingerprint density at radius 3 is 2.00 bits per heavy atom. The van der Waals surface area contributed by atoms with E-state index < -0.39 is 0 Å². The fourth-order valence-electron chi connectivity index (χ4n) is 1.84. The molecule has 0 saturated carbocycles. The molecule has 74 valence electrons. The van der Waals surface area contributed by atoms with E-state index in [9.17, 15) is 0 Å². The fourth-order valence-corrected chi connectivity index (χ4v) is 1.84. The Morgan fingerprint density at radius 1 is 1.23 bits per heavy atom. The monoisotopic (exact) mass is 181 g/mol. The van der Waals surface area contributed by atoms with Crippen LogP contribution in [0.15, 0.2) is 0 Å². The third kappa shape index (κ3) is 1.75. The van der Waals surface area contributed by atoms with Crippen molar-refractivity contribution in [3.8, 4) is 0 Å². The summed E-state index contributed by atoms with van der Waals surface area (Å²) >= 11 is 0. The van der Waals surface area contributed by atoms with Crippen molar-refractivity contribution in [3.63, 3.8) is 0 Å². The van der Waals surface area contributed by atoms with Gasteiger partial charge < -0.3 is 5.73 Å². The highest BCUT2D eigenvalue weighted by atomic mass is 15.3. The quantitative estimate of drug-likeness (QED) is 0.759. The zero-order valence-corrected chi connectivity index (χ0v) is 9.13. The Balaban J connectivity index is 3.22. The summed E-state index contributed by atoms with van der Waals surface area (Å²) in [5, 5.41) is 4.47. The van der Waals surface area contributed by atoms with Crippen molar-refractivity contribution < 1.29 is 0 Å². The molecule has 1 rings (SSSR count). The standard InChI is InChI=1S/C10H19N3/c1-6(2)13-9(5)10(7(3)11)8(4)12-13/h6-7H,11H2,1-5H3. The average Bonchev–Trinajstić information content (AvgIpc) is 2.26. The lowest BCUT2D eigenvalue weighted by Gasteiger charge is -2.09. The number of hydrogen-bond donors (Lipinski definition) is 1. The van der Waals surface area contributed by atoms with E-state index in [0.717, 1.165) is 5.69 Å². The van der Waals surface area contributed by atoms with Crippen LogP contribution in [0.1, 0.15) is 49.8 Å². The van der Waals surface area contributed by atoms with Crippen LogP contribution in [0, 0.1) is 13.8 Å². The lowest BCUT2D eigenvalue weighted by Crippen LogP contribution is -2.09. The number of nitrogens with two attached hydrogens (primary N) is 1. The van der Waals surface area contributed by atoms with Crippen LogP contribution in [-0.4, -0.2) is 9.78 Å². The van der Waals surface area contributed by atoms with Crippen molar-refractivity contribution >= 4 is 0 Å². The molecule has 13 heavy (non-hydrogen) atoms. The molecule has 0 aromatic carbocycles. The molecule has 0 fully saturated rings. The predicted molar refractivity (Wildman–Crippen MR) is 54.7 cm³/mol. The second kappa shape index (κ2) is 3.50. The van der Waals surface area contributed by atoms with Crippen LogP contribution >= 0.6 is 0 Å². The van der Waals surface area contributed by atoms with E-state index in [4.69, 9.17) is 5.73 Å². The number of nitrogens with zero attached hydrogens (tertiary/aromatic N) is 2. The van der Waals surface area contributed by atoms with Gasteiger partial charge in [-0.15, -0.1) is 0 Å². The molecule has 0 aliphatic rings. The molecule has 1 heterocycles. The van der Waals surface area contributed by atoms with Gasteiger partial charge in [0.1, 0.15) is 0 Å². The van der Waals surface area contributed by atoms with Gasteiger partial charge in [0.05, 0.1) is 5.69 Å². The minimum atomic E-state index is 0.0764. The van der Waals surface area contributed by atoms with Gasteiger partial charge in [-0.25, -0.2) is 0 Å². The van der Waals surface area contributed by atoms with Crippen LogP contribution in [0.2, 0.25) is 0 Å². The summed E-state index contributed by atoms with van der Waals surface area (Å²) < 4.78 is 2.04. The molecule has 1 unspecified atom stereocenters. The molecule has 0 amide bonds. The molecule has 0 spiro atoms. The number of aryl methyl sites for hydroxylation is 1. The van der Waals surface area contributed by atoms with Gasteiger partial charge in [0.15, 0.2) is 0 Å². The molecule has 2 N–H and O–H groups in total. The molecule has 1 aromatic heterocycles. The van der Waals surface area contributed by atoms with Crippen molar-refractivity contribution in [1.29, 1.82) is 0 Å². The van der Waals surface area contributed by atoms with E-state index in [1.807, 2.05) is 18.5 Å². The number of aromatic nitrogens is 2. The van der Waals surface area contributed by atoms with Crippen molar-refractivity contribution in [2.45, 2.75) is 46.7 Å². The normalized spacial score (nSPS) is 13.8. The van der Waals surface area contributed by atoms with Gasteiger partial charge in [0, 0.05) is 23.3 Å². The highest BCUT2D eigenvalue weighted by Gasteiger charge is 2.15. The van der Waals surface area contributed by atoms with E-state index in [0.29, 0.717) is 6.04 Å². The van der Waals surface area contributed by atoms with Crippen LogP contribution in [-0.2, 0) is 0 Å². The largest absolute Gasteiger partial charge is 0.324 e. The zero-order chi connectivity index (χ0) is 10.2. The van der Waals surface area contributed by atoms with Gasteiger partial charge in [0.25, 0.3) is 0 Å². The molecule has 0 saturated heterocycles. The highest BCUT2D eigenvalue weighted by Crippen LogP contribution is 2.21. The fraction of sp³-hybridized carbons (Fsp3) is 0.700. The number of hydrogen-bond acceptors (Lipinski definition) is 2. The molecule has 0 aliphatic carbocycles. The molecule has 3 heteroatoms. The second-order valence-corrected chi connectivity index (χ2v) is 3.91. The summed E-state index contributed by atoms with van der Waals surface area (Å²) in [4.78, 5) is 0. The van der Waals surface area contributed by atoms with Crippen molar-refractivity contribution in [2.24, 2.45) is 5.73 Å². The van der Waals surface area contributed by atoms with E-state index in [-0.39, 0.29) is 6.04 Å². The summed E-state index contributed by atoms with van der Waals surface area (Å²) in [6.07, 6.45) is 0. The van der Waals surface area contributed by atoms with Crippen molar-refractivity contribution in [1.82, 2.24) is 9.78 Å². The topological polar surface area (TPSA) is 43.8 Å². The SMILES string of the molecule is Cc1nn(C(C)C)c(C)c1C(C)N. The first-order chi connectivity index (χ1) is 5.95. The first kappa shape index (κ1) is 10.3. The third-order valence-corrected chi connectivity index (χ3v) is 2.33. The van der Waals surface area contributed by atoms with E-state index in [1.165, 1.54) is 11.3 Å². The van der Waals surface area contributed by atoms with Gasteiger partial charge in [-0.3, -0.25) is 4.68 Å². The van der Waals surface area contributed by atoms with Gasteiger partial charge >= 0.3 is 0 Å².